The van der Waals surface area contributed by atoms with Crippen LogP contribution in [0, 0.1) is 11.8 Å². The number of nitrogens with zero attached hydrogens (tertiary/aromatic N) is 1. The van der Waals surface area contributed by atoms with Gasteiger partial charge in [-0.05, 0) is 5.92 Å². The molecule has 1 fully saturated rings. The van der Waals surface area contributed by atoms with Crippen LogP contribution in [0.4, 0.5) is 4.79 Å². The van der Waals surface area contributed by atoms with Crippen LogP contribution >= 0.6 is 0 Å². The molecule has 1 aliphatic rings. The van der Waals surface area contributed by atoms with Crippen molar-refractivity contribution in [3.05, 3.63) is 0 Å². The number of imide groups is 1. The van der Waals surface area contributed by atoms with Crippen molar-refractivity contribution in [3.63, 3.8) is 0 Å². The first-order valence-corrected chi connectivity index (χ1v) is 5.57. The smallest absolute Gasteiger partial charge is 0.324 e. The molecule has 0 bridgehead atoms. The molecule has 0 aliphatic carbocycles. The van der Waals surface area contributed by atoms with Gasteiger partial charge in [-0.25, -0.2) is 4.79 Å². The van der Waals surface area contributed by atoms with Crippen LogP contribution in [0.25, 0.3) is 0 Å². The molecule has 1 saturated heterocycles. The molecule has 1 heterocycles. The van der Waals surface area contributed by atoms with Crippen LogP contribution in [0.15, 0.2) is 0 Å². The summed E-state index contributed by atoms with van der Waals surface area (Å²) >= 11 is 0. The normalized spacial score (nSPS) is 23.6. The SMILES string of the molecule is COCC(C(C)C)N1CC(C)C(=O)NC1=O. The lowest BCUT2D eigenvalue weighted by Gasteiger charge is -2.38. The van der Waals surface area contributed by atoms with Gasteiger partial charge in [-0.2, -0.15) is 0 Å². The highest BCUT2D eigenvalue weighted by atomic mass is 16.5. The molecule has 0 aromatic rings. The van der Waals surface area contributed by atoms with Crippen LogP contribution in [0.1, 0.15) is 20.8 Å². The van der Waals surface area contributed by atoms with Gasteiger partial charge in [-0.3, -0.25) is 10.1 Å². The van der Waals surface area contributed by atoms with Crippen molar-refractivity contribution in [2.24, 2.45) is 11.8 Å². The lowest BCUT2D eigenvalue weighted by atomic mass is 10.00. The van der Waals surface area contributed by atoms with E-state index in [0.717, 1.165) is 0 Å². The standard InChI is InChI=1S/C11H20N2O3/c1-7(2)9(6-16-4)13-5-8(3)10(14)12-11(13)15/h7-9H,5-6H2,1-4H3,(H,12,14,15). The highest BCUT2D eigenvalue weighted by Gasteiger charge is 2.34. The van der Waals surface area contributed by atoms with Crippen molar-refractivity contribution >= 4 is 11.9 Å². The Bertz CT molecular complexity index is 278. The van der Waals surface area contributed by atoms with Crippen molar-refractivity contribution in [2.45, 2.75) is 26.8 Å². The fourth-order valence-corrected chi connectivity index (χ4v) is 1.86. The highest BCUT2D eigenvalue weighted by molar-refractivity contribution is 5.97. The van der Waals surface area contributed by atoms with E-state index in [2.05, 4.69) is 5.32 Å². The Kier molecular flexibility index (Phi) is 4.29. The summed E-state index contributed by atoms with van der Waals surface area (Å²) in [4.78, 5) is 24.7. The maximum atomic E-state index is 11.7. The second-order valence-electron chi connectivity index (χ2n) is 4.61. The summed E-state index contributed by atoms with van der Waals surface area (Å²) in [7, 11) is 1.62. The molecule has 0 aromatic heterocycles. The van der Waals surface area contributed by atoms with E-state index < -0.39 is 0 Å². The lowest BCUT2D eigenvalue weighted by Crippen LogP contribution is -2.59. The topological polar surface area (TPSA) is 58.6 Å². The Morgan fingerprint density at radius 3 is 2.62 bits per heavy atom. The van der Waals surface area contributed by atoms with Gasteiger partial charge in [-0.1, -0.05) is 20.8 Å². The Hall–Kier alpha value is -1.10. The number of carbonyl (C=O) groups is 2. The molecule has 3 amide bonds. The molecular weight excluding hydrogens is 208 g/mol. The number of ether oxygens (including phenoxy) is 1. The number of nitrogens with one attached hydrogen (secondary N) is 1. The fourth-order valence-electron chi connectivity index (χ4n) is 1.86. The molecule has 16 heavy (non-hydrogen) atoms. The number of rotatable bonds is 4. The van der Waals surface area contributed by atoms with Crippen LogP contribution < -0.4 is 5.32 Å². The minimum Gasteiger partial charge on any atom is -0.383 e. The molecule has 0 radical (unpaired) electrons. The Balaban J connectivity index is 2.76. The predicted octanol–water partition coefficient (Wildman–Crippen LogP) is 0.845. The molecule has 0 saturated carbocycles. The highest BCUT2D eigenvalue weighted by Crippen LogP contribution is 2.17. The molecule has 5 heteroatoms. The minimum absolute atomic E-state index is 0.0144. The largest absolute Gasteiger partial charge is 0.383 e. The Morgan fingerprint density at radius 1 is 1.50 bits per heavy atom. The zero-order valence-electron chi connectivity index (χ0n) is 10.3. The fraction of sp³-hybridized carbons (Fsp3) is 0.818. The second kappa shape index (κ2) is 5.30. The molecular formula is C11H20N2O3. The third-order valence-corrected chi connectivity index (χ3v) is 2.92. The van der Waals surface area contributed by atoms with Crippen molar-refractivity contribution in [2.75, 3.05) is 20.3 Å². The predicted molar refractivity (Wildman–Crippen MR) is 59.9 cm³/mol. The van der Waals surface area contributed by atoms with Crippen molar-refractivity contribution in [1.82, 2.24) is 10.2 Å². The summed E-state index contributed by atoms with van der Waals surface area (Å²) in [6.45, 7) is 6.86. The molecule has 1 rings (SSSR count). The van der Waals surface area contributed by atoms with Crippen molar-refractivity contribution in [3.8, 4) is 0 Å². The molecule has 2 unspecified atom stereocenters. The van der Waals surface area contributed by atoms with Gasteiger partial charge in [0.2, 0.25) is 5.91 Å². The number of amides is 3. The monoisotopic (exact) mass is 228 g/mol. The van der Waals surface area contributed by atoms with Gasteiger partial charge in [0.25, 0.3) is 0 Å². The van der Waals surface area contributed by atoms with E-state index in [4.69, 9.17) is 4.74 Å². The maximum absolute atomic E-state index is 11.7. The van der Waals surface area contributed by atoms with E-state index in [-0.39, 0.29) is 23.9 Å². The maximum Gasteiger partial charge on any atom is 0.324 e. The quantitative estimate of drug-likeness (QED) is 0.776. The van der Waals surface area contributed by atoms with Gasteiger partial charge < -0.3 is 9.64 Å². The van der Waals surface area contributed by atoms with Gasteiger partial charge in [0.05, 0.1) is 18.6 Å². The third-order valence-electron chi connectivity index (χ3n) is 2.92. The number of methoxy groups -OCH3 is 1. The zero-order valence-corrected chi connectivity index (χ0v) is 10.3. The van der Waals surface area contributed by atoms with Crippen LogP contribution in [0.5, 0.6) is 0 Å². The van der Waals surface area contributed by atoms with E-state index in [0.29, 0.717) is 19.1 Å². The number of carbonyl (C=O) groups excluding carboxylic acids is 2. The van der Waals surface area contributed by atoms with E-state index in [1.165, 1.54) is 0 Å². The number of hydrogen-bond donors (Lipinski definition) is 1. The van der Waals surface area contributed by atoms with Gasteiger partial charge >= 0.3 is 6.03 Å². The van der Waals surface area contributed by atoms with E-state index in [1.807, 2.05) is 20.8 Å². The van der Waals surface area contributed by atoms with Crippen LogP contribution in [-0.2, 0) is 9.53 Å². The molecule has 1 N–H and O–H groups in total. The average molecular weight is 228 g/mol. The summed E-state index contributed by atoms with van der Waals surface area (Å²) in [6, 6.07) is -0.292. The second-order valence-corrected chi connectivity index (χ2v) is 4.61. The van der Waals surface area contributed by atoms with Gasteiger partial charge in [0.15, 0.2) is 0 Å². The summed E-state index contributed by atoms with van der Waals surface area (Å²) in [5.74, 6) is -0.0527. The molecule has 0 aromatic carbocycles. The molecule has 2 atom stereocenters. The van der Waals surface area contributed by atoms with Crippen LogP contribution in [0.2, 0.25) is 0 Å². The average Bonchev–Trinajstić information content (AvgIpc) is 2.20. The van der Waals surface area contributed by atoms with Gasteiger partial charge in [0, 0.05) is 13.7 Å². The number of hydrogen-bond acceptors (Lipinski definition) is 3. The van der Waals surface area contributed by atoms with Crippen LogP contribution in [-0.4, -0.2) is 43.1 Å². The van der Waals surface area contributed by atoms with Crippen molar-refractivity contribution < 1.29 is 14.3 Å². The summed E-state index contributed by atoms with van der Waals surface area (Å²) in [5, 5.41) is 2.37. The molecule has 92 valence electrons. The van der Waals surface area contributed by atoms with E-state index in [1.54, 1.807) is 12.0 Å². The summed E-state index contributed by atoms with van der Waals surface area (Å²) in [5.41, 5.74) is 0. The Morgan fingerprint density at radius 2 is 2.12 bits per heavy atom. The van der Waals surface area contributed by atoms with Crippen LogP contribution in [0.3, 0.4) is 0 Å². The Labute approximate surface area is 96.1 Å². The zero-order chi connectivity index (χ0) is 12.3. The first-order valence-electron chi connectivity index (χ1n) is 5.57. The van der Waals surface area contributed by atoms with Gasteiger partial charge in [-0.15, -0.1) is 0 Å². The summed E-state index contributed by atoms with van der Waals surface area (Å²) in [6.07, 6.45) is 0. The van der Waals surface area contributed by atoms with Gasteiger partial charge in [0.1, 0.15) is 0 Å². The minimum atomic E-state index is -0.307. The third kappa shape index (κ3) is 2.72. The lowest BCUT2D eigenvalue weighted by molar-refractivity contribution is -0.126. The van der Waals surface area contributed by atoms with Crippen molar-refractivity contribution in [1.29, 1.82) is 0 Å². The molecule has 0 spiro atoms. The van der Waals surface area contributed by atoms with E-state index in [9.17, 15) is 9.59 Å². The van der Waals surface area contributed by atoms with E-state index >= 15 is 0 Å². The number of urea groups is 1. The summed E-state index contributed by atoms with van der Waals surface area (Å²) < 4.78 is 5.12. The first-order chi connectivity index (χ1) is 7.47. The molecule has 5 nitrogen and oxygen atoms in total. The molecule has 1 aliphatic heterocycles. The first kappa shape index (κ1) is 13.0.